The molecule has 2 N–H and O–H groups in total. The molecule has 1 aromatic carbocycles. The Morgan fingerprint density at radius 3 is 2.50 bits per heavy atom. The van der Waals surface area contributed by atoms with Gasteiger partial charge in [-0.05, 0) is 48.9 Å². The van der Waals surface area contributed by atoms with Crippen molar-refractivity contribution in [1.82, 2.24) is 15.3 Å². The number of benzene rings is 1. The zero-order valence-corrected chi connectivity index (χ0v) is 14.3. The number of nitrogens with one attached hydrogen (secondary N) is 2. The summed E-state index contributed by atoms with van der Waals surface area (Å²) in [6, 6.07) is 14.3. The molecule has 0 aliphatic rings. The summed E-state index contributed by atoms with van der Waals surface area (Å²) in [6.07, 6.45) is 4.93. The smallest absolute Gasteiger partial charge is 0.270 e. The molecule has 3 aromatic rings. The normalized spacial score (nSPS) is 10.2. The van der Waals surface area contributed by atoms with Gasteiger partial charge in [0.15, 0.2) is 5.78 Å². The zero-order chi connectivity index (χ0) is 18.4. The van der Waals surface area contributed by atoms with E-state index in [1.807, 2.05) is 24.3 Å². The fourth-order valence-electron chi connectivity index (χ4n) is 2.39. The first-order valence-corrected chi connectivity index (χ1v) is 8.13. The molecule has 0 aliphatic heterocycles. The van der Waals surface area contributed by atoms with Crippen LogP contribution in [-0.2, 0) is 6.54 Å². The van der Waals surface area contributed by atoms with E-state index in [1.165, 1.54) is 6.92 Å². The molecular formula is C20H18N4O2. The van der Waals surface area contributed by atoms with Gasteiger partial charge in [0, 0.05) is 42.1 Å². The average Bonchev–Trinajstić information content (AvgIpc) is 2.67. The second-order valence-corrected chi connectivity index (χ2v) is 5.73. The van der Waals surface area contributed by atoms with Crippen LogP contribution in [0.3, 0.4) is 0 Å². The fraction of sp³-hybridized carbons (Fsp3) is 0.100. The second-order valence-electron chi connectivity index (χ2n) is 5.73. The number of nitrogens with zero attached hydrogens (tertiary/aromatic N) is 2. The van der Waals surface area contributed by atoms with Crippen molar-refractivity contribution in [2.24, 2.45) is 0 Å². The van der Waals surface area contributed by atoms with Gasteiger partial charge in [-0.2, -0.15) is 0 Å². The predicted octanol–water partition coefficient (Wildman–Crippen LogP) is 3.35. The first-order chi connectivity index (χ1) is 12.6. The number of pyridine rings is 2. The molecule has 130 valence electrons. The summed E-state index contributed by atoms with van der Waals surface area (Å²) < 4.78 is 0. The predicted molar refractivity (Wildman–Crippen MR) is 99.4 cm³/mol. The summed E-state index contributed by atoms with van der Waals surface area (Å²) in [6.45, 7) is 1.93. The first kappa shape index (κ1) is 17.3. The highest BCUT2D eigenvalue weighted by atomic mass is 16.1. The molecular weight excluding hydrogens is 328 g/mol. The Balaban J connectivity index is 1.68. The van der Waals surface area contributed by atoms with Crippen LogP contribution in [0.15, 0.2) is 67.1 Å². The molecule has 26 heavy (non-hydrogen) atoms. The van der Waals surface area contributed by atoms with E-state index < -0.39 is 0 Å². The summed E-state index contributed by atoms with van der Waals surface area (Å²) in [5.74, 6) is -0.262. The van der Waals surface area contributed by atoms with Crippen LogP contribution in [0.5, 0.6) is 0 Å². The molecule has 3 rings (SSSR count). The Morgan fingerprint density at radius 1 is 0.962 bits per heavy atom. The number of aromatic nitrogens is 2. The maximum absolute atomic E-state index is 12.3. The van der Waals surface area contributed by atoms with Crippen molar-refractivity contribution in [1.29, 1.82) is 0 Å². The SMILES string of the molecule is CC(=O)c1cccc(Nc2ccnc(C(=O)NCc3ccncc3)c2)c1. The minimum Gasteiger partial charge on any atom is -0.355 e. The molecule has 0 saturated heterocycles. The number of carbonyl (C=O) groups is 2. The van der Waals surface area contributed by atoms with Gasteiger partial charge in [-0.25, -0.2) is 0 Å². The van der Waals surface area contributed by atoms with Crippen LogP contribution in [0.2, 0.25) is 0 Å². The molecule has 0 atom stereocenters. The first-order valence-electron chi connectivity index (χ1n) is 8.13. The van der Waals surface area contributed by atoms with E-state index in [1.54, 1.807) is 42.9 Å². The second kappa shape index (κ2) is 8.02. The highest BCUT2D eigenvalue weighted by molar-refractivity contribution is 5.95. The standard InChI is InChI=1S/C20H18N4O2/c1-14(25)16-3-2-4-17(11-16)24-18-7-10-22-19(12-18)20(26)23-13-15-5-8-21-9-6-15/h2-12H,13H2,1H3,(H,22,24)(H,23,26). The van der Waals surface area contributed by atoms with Crippen LogP contribution in [0, 0.1) is 0 Å². The Hall–Kier alpha value is -3.54. The van der Waals surface area contributed by atoms with Crippen molar-refractivity contribution < 1.29 is 9.59 Å². The number of Topliss-reactive ketones (excluding diaryl/α,β-unsaturated/α-hetero) is 1. The van der Waals surface area contributed by atoms with Crippen LogP contribution in [0.4, 0.5) is 11.4 Å². The number of amides is 1. The van der Waals surface area contributed by atoms with Crippen molar-refractivity contribution >= 4 is 23.1 Å². The van der Waals surface area contributed by atoms with E-state index >= 15 is 0 Å². The zero-order valence-electron chi connectivity index (χ0n) is 14.3. The van der Waals surface area contributed by atoms with Crippen molar-refractivity contribution in [3.8, 4) is 0 Å². The molecule has 0 radical (unpaired) electrons. The van der Waals surface area contributed by atoms with Gasteiger partial charge in [-0.1, -0.05) is 12.1 Å². The molecule has 6 nitrogen and oxygen atoms in total. The van der Waals surface area contributed by atoms with E-state index in [4.69, 9.17) is 0 Å². The topological polar surface area (TPSA) is 84.0 Å². The summed E-state index contributed by atoms with van der Waals surface area (Å²) in [7, 11) is 0. The van der Waals surface area contributed by atoms with Crippen LogP contribution in [-0.4, -0.2) is 21.7 Å². The van der Waals surface area contributed by atoms with E-state index in [2.05, 4.69) is 20.6 Å². The monoisotopic (exact) mass is 346 g/mol. The quantitative estimate of drug-likeness (QED) is 0.669. The van der Waals surface area contributed by atoms with Crippen molar-refractivity contribution in [3.63, 3.8) is 0 Å². The van der Waals surface area contributed by atoms with Gasteiger partial charge in [-0.3, -0.25) is 19.6 Å². The average molecular weight is 346 g/mol. The minimum absolute atomic E-state index is 0.000410. The lowest BCUT2D eigenvalue weighted by atomic mass is 10.1. The van der Waals surface area contributed by atoms with Crippen molar-refractivity contribution in [2.75, 3.05) is 5.32 Å². The molecule has 0 saturated carbocycles. The molecule has 6 heteroatoms. The maximum atomic E-state index is 12.3. The third-order valence-electron chi connectivity index (χ3n) is 3.75. The lowest BCUT2D eigenvalue weighted by molar-refractivity contribution is 0.0945. The molecule has 1 amide bonds. The largest absolute Gasteiger partial charge is 0.355 e. The maximum Gasteiger partial charge on any atom is 0.270 e. The third kappa shape index (κ3) is 4.51. The number of ketones is 1. The Kier molecular flexibility index (Phi) is 5.34. The van der Waals surface area contributed by atoms with Gasteiger partial charge in [0.2, 0.25) is 0 Å². The van der Waals surface area contributed by atoms with Crippen molar-refractivity contribution in [3.05, 3.63) is 83.9 Å². The van der Waals surface area contributed by atoms with Gasteiger partial charge in [0.1, 0.15) is 5.69 Å². The van der Waals surface area contributed by atoms with E-state index in [0.717, 1.165) is 16.9 Å². The number of rotatable bonds is 6. The Bertz CT molecular complexity index is 926. The highest BCUT2D eigenvalue weighted by Gasteiger charge is 2.08. The van der Waals surface area contributed by atoms with Gasteiger partial charge < -0.3 is 10.6 Å². The van der Waals surface area contributed by atoms with Crippen LogP contribution < -0.4 is 10.6 Å². The van der Waals surface area contributed by atoms with Crippen LogP contribution >= 0.6 is 0 Å². The summed E-state index contributed by atoms with van der Waals surface area (Å²) >= 11 is 0. The van der Waals surface area contributed by atoms with E-state index in [0.29, 0.717) is 17.8 Å². The number of carbonyl (C=O) groups excluding carboxylic acids is 2. The van der Waals surface area contributed by atoms with Gasteiger partial charge in [0.25, 0.3) is 5.91 Å². The molecule has 0 bridgehead atoms. The molecule has 0 fully saturated rings. The van der Waals surface area contributed by atoms with Gasteiger partial charge >= 0.3 is 0 Å². The molecule has 0 spiro atoms. The highest BCUT2D eigenvalue weighted by Crippen LogP contribution is 2.18. The summed E-state index contributed by atoms with van der Waals surface area (Å²) in [4.78, 5) is 31.9. The summed E-state index contributed by atoms with van der Waals surface area (Å²) in [5, 5.41) is 6.02. The lowest BCUT2D eigenvalue weighted by Gasteiger charge is -2.09. The fourth-order valence-corrected chi connectivity index (χ4v) is 2.39. The minimum atomic E-state index is -0.261. The van der Waals surface area contributed by atoms with E-state index in [-0.39, 0.29) is 11.7 Å². The number of anilines is 2. The number of hydrogen-bond donors (Lipinski definition) is 2. The van der Waals surface area contributed by atoms with Crippen molar-refractivity contribution in [2.45, 2.75) is 13.5 Å². The Morgan fingerprint density at radius 2 is 1.73 bits per heavy atom. The lowest BCUT2D eigenvalue weighted by Crippen LogP contribution is -2.23. The summed E-state index contributed by atoms with van der Waals surface area (Å²) in [5.41, 5.74) is 3.39. The van der Waals surface area contributed by atoms with Crippen LogP contribution in [0.1, 0.15) is 33.3 Å². The molecule has 2 aromatic heterocycles. The van der Waals surface area contributed by atoms with E-state index in [9.17, 15) is 9.59 Å². The third-order valence-corrected chi connectivity index (χ3v) is 3.75. The van der Waals surface area contributed by atoms with Gasteiger partial charge in [-0.15, -0.1) is 0 Å². The molecule has 0 unspecified atom stereocenters. The van der Waals surface area contributed by atoms with Crippen LogP contribution in [0.25, 0.3) is 0 Å². The Labute approximate surface area is 151 Å². The number of hydrogen-bond acceptors (Lipinski definition) is 5. The molecule has 0 aliphatic carbocycles. The van der Waals surface area contributed by atoms with Gasteiger partial charge in [0.05, 0.1) is 0 Å². The molecule has 2 heterocycles.